The fraction of sp³-hybridized carbons (Fsp3) is 0.500. The second-order valence-electron chi connectivity index (χ2n) is 3.67. The van der Waals surface area contributed by atoms with E-state index in [1.807, 2.05) is 19.9 Å². The van der Waals surface area contributed by atoms with Crippen LogP contribution in [0.2, 0.25) is 0 Å². The molecular formula is C12H19NO3. The van der Waals surface area contributed by atoms with Crippen LogP contribution in [0.25, 0.3) is 0 Å². The van der Waals surface area contributed by atoms with E-state index in [1.165, 1.54) is 6.08 Å². The predicted molar refractivity (Wildman–Crippen MR) is 63.0 cm³/mol. The minimum Gasteiger partial charge on any atom is -0.481 e. The summed E-state index contributed by atoms with van der Waals surface area (Å²) in [5.41, 5.74) is 0. The maximum atomic E-state index is 11.2. The van der Waals surface area contributed by atoms with Crippen molar-refractivity contribution in [3.05, 3.63) is 24.3 Å². The Labute approximate surface area is 96.0 Å². The van der Waals surface area contributed by atoms with Gasteiger partial charge in [-0.2, -0.15) is 0 Å². The number of aliphatic carboxylic acids is 1. The number of rotatable bonds is 7. The van der Waals surface area contributed by atoms with Crippen LogP contribution in [-0.2, 0) is 9.59 Å². The highest BCUT2D eigenvalue weighted by atomic mass is 16.4. The first-order chi connectivity index (χ1) is 7.56. The smallest absolute Gasteiger partial charge is 0.303 e. The van der Waals surface area contributed by atoms with Gasteiger partial charge >= 0.3 is 5.97 Å². The zero-order chi connectivity index (χ0) is 12.4. The molecule has 0 saturated heterocycles. The van der Waals surface area contributed by atoms with Crippen LogP contribution in [0.3, 0.4) is 0 Å². The maximum absolute atomic E-state index is 11.2. The topological polar surface area (TPSA) is 66.4 Å². The maximum Gasteiger partial charge on any atom is 0.303 e. The summed E-state index contributed by atoms with van der Waals surface area (Å²) >= 11 is 0. The highest BCUT2D eigenvalue weighted by Gasteiger charge is 2.05. The predicted octanol–water partition coefficient (Wildman–Crippen LogP) is 1.74. The molecule has 0 radical (unpaired) electrons. The van der Waals surface area contributed by atoms with Crippen molar-refractivity contribution in [2.45, 2.75) is 26.7 Å². The molecule has 0 aromatic heterocycles. The third-order valence-electron chi connectivity index (χ3n) is 2.03. The number of carboxylic acid groups (broad SMARTS) is 1. The van der Waals surface area contributed by atoms with Gasteiger partial charge in [0.25, 0.3) is 0 Å². The van der Waals surface area contributed by atoms with E-state index < -0.39 is 5.97 Å². The van der Waals surface area contributed by atoms with Crippen LogP contribution in [-0.4, -0.2) is 23.5 Å². The van der Waals surface area contributed by atoms with Gasteiger partial charge in [0.2, 0.25) is 5.91 Å². The highest BCUT2D eigenvalue weighted by molar-refractivity contribution is 5.87. The van der Waals surface area contributed by atoms with Crippen LogP contribution in [0.1, 0.15) is 26.7 Å². The molecule has 0 saturated carbocycles. The molecule has 16 heavy (non-hydrogen) atoms. The molecule has 0 rings (SSSR count). The number of carbonyl (C=O) groups excluding carboxylic acids is 1. The molecular weight excluding hydrogens is 206 g/mol. The van der Waals surface area contributed by atoms with Gasteiger partial charge in [0, 0.05) is 19.0 Å². The van der Waals surface area contributed by atoms with Crippen molar-refractivity contribution in [3.8, 4) is 0 Å². The summed E-state index contributed by atoms with van der Waals surface area (Å²) in [6.07, 6.45) is 7.44. The fourth-order valence-electron chi connectivity index (χ4n) is 1.06. The Morgan fingerprint density at radius 1 is 1.38 bits per heavy atom. The third kappa shape index (κ3) is 8.99. The van der Waals surface area contributed by atoms with Gasteiger partial charge in [-0.15, -0.1) is 0 Å². The van der Waals surface area contributed by atoms with Crippen molar-refractivity contribution in [1.29, 1.82) is 0 Å². The van der Waals surface area contributed by atoms with Crippen molar-refractivity contribution in [2.24, 2.45) is 5.92 Å². The number of nitrogens with one attached hydrogen (secondary N) is 1. The quantitative estimate of drug-likeness (QED) is 0.512. The van der Waals surface area contributed by atoms with Gasteiger partial charge in [0.15, 0.2) is 0 Å². The Hall–Kier alpha value is -1.58. The lowest BCUT2D eigenvalue weighted by Crippen LogP contribution is -2.26. The van der Waals surface area contributed by atoms with E-state index in [4.69, 9.17) is 5.11 Å². The van der Waals surface area contributed by atoms with E-state index in [-0.39, 0.29) is 18.2 Å². The summed E-state index contributed by atoms with van der Waals surface area (Å²) < 4.78 is 0. The van der Waals surface area contributed by atoms with E-state index in [0.717, 1.165) is 0 Å². The number of amides is 1. The molecule has 1 unspecified atom stereocenters. The number of hydrogen-bond donors (Lipinski definition) is 2. The van der Waals surface area contributed by atoms with Crippen molar-refractivity contribution < 1.29 is 14.7 Å². The summed E-state index contributed by atoms with van der Waals surface area (Å²) in [6.45, 7) is 4.29. The number of carbonyl (C=O) groups is 2. The first-order valence-electron chi connectivity index (χ1n) is 5.35. The Morgan fingerprint density at radius 3 is 2.62 bits per heavy atom. The molecule has 0 aliphatic rings. The van der Waals surface area contributed by atoms with Crippen molar-refractivity contribution in [2.75, 3.05) is 6.54 Å². The van der Waals surface area contributed by atoms with Gasteiger partial charge in [-0.05, 0) is 19.3 Å². The average molecular weight is 225 g/mol. The zero-order valence-electron chi connectivity index (χ0n) is 9.77. The van der Waals surface area contributed by atoms with E-state index >= 15 is 0 Å². The van der Waals surface area contributed by atoms with Crippen molar-refractivity contribution in [3.63, 3.8) is 0 Å². The summed E-state index contributed by atoms with van der Waals surface area (Å²) in [7, 11) is 0. The molecule has 90 valence electrons. The van der Waals surface area contributed by atoms with Gasteiger partial charge in [0.1, 0.15) is 0 Å². The first-order valence-corrected chi connectivity index (χ1v) is 5.35. The lowest BCUT2D eigenvalue weighted by Gasteiger charge is -2.09. The van der Waals surface area contributed by atoms with Gasteiger partial charge in [-0.25, -0.2) is 0 Å². The number of carboxylic acids is 1. The van der Waals surface area contributed by atoms with Crippen LogP contribution < -0.4 is 5.32 Å². The van der Waals surface area contributed by atoms with Crippen LogP contribution in [0, 0.1) is 5.92 Å². The van der Waals surface area contributed by atoms with Gasteiger partial charge < -0.3 is 10.4 Å². The first kappa shape index (κ1) is 14.4. The normalized spacial score (nSPS) is 13.1. The molecule has 4 heteroatoms. The lowest BCUT2D eigenvalue weighted by molar-refractivity contribution is -0.137. The average Bonchev–Trinajstić information content (AvgIpc) is 2.24. The van der Waals surface area contributed by atoms with Crippen LogP contribution in [0.5, 0.6) is 0 Å². The lowest BCUT2D eigenvalue weighted by atomic mass is 10.1. The summed E-state index contributed by atoms with van der Waals surface area (Å²) in [5, 5.41) is 11.2. The molecule has 1 atom stereocenters. The summed E-state index contributed by atoms with van der Waals surface area (Å²) in [5.74, 6) is -0.776. The van der Waals surface area contributed by atoms with Gasteiger partial charge in [-0.1, -0.05) is 25.2 Å². The molecule has 0 fully saturated rings. The second kappa shape index (κ2) is 8.71. The van der Waals surface area contributed by atoms with Crippen LogP contribution >= 0.6 is 0 Å². The summed E-state index contributed by atoms with van der Waals surface area (Å²) in [4.78, 5) is 21.5. The Kier molecular flexibility index (Phi) is 7.85. The minimum atomic E-state index is -0.800. The standard InChI is InChI=1S/C12H19NO3/c1-3-4-5-6-11(14)13-9-10(2)7-8-12(15)16/h3-6,10H,7-9H2,1-2H3,(H,13,14)(H,15,16)/b4-3+,6-5?. The SMILES string of the molecule is C/C=C/C=CC(=O)NCC(C)CCC(=O)O. The number of allylic oxidation sites excluding steroid dienone is 3. The zero-order valence-corrected chi connectivity index (χ0v) is 9.77. The fourth-order valence-corrected chi connectivity index (χ4v) is 1.06. The monoisotopic (exact) mass is 225 g/mol. The molecule has 1 amide bonds. The van der Waals surface area contributed by atoms with E-state index in [2.05, 4.69) is 5.32 Å². The molecule has 4 nitrogen and oxygen atoms in total. The molecule has 0 aliphatic carbocycles. The second-order valence-corrected chi connectivity index (χ2v) is 3.67. The third-order valence-corrected chi connectivity index (χ3v) is 2.03. The molecule has 0 heterocycles. The number of hydrogen-bond acceptors (Lipinski definition) is 2. The molecule has 0 aliphatic heterocycles. The van der Waals surface area contributed by atoms with E-state index in [1.54, 1.807) is 12.2 Å². The Bertz CT molecular complexity index is 282. The van der Waals surface area contributed by atoms with Crippen LogP contribution in [0.4, 0.5) is 0 Å². The minimum absolute atomic E-state index is 0.144. The molecule has 0 aromatic rings. The Balaban J connectivity index is 3.70. The molecule has 2 N–H and O–H groups in total. The van der Waals surface area contributed by atoms with Crippen LogP contribution in [0.15, 0.2) is 24.3 Å². The highest BCUT2D eigenvalue weighted by Crippen LogP contribution is 2.03. The molecule has 0 bridgehead atoms. The van der Waals surface area contributed by atoms with Crippen molar-refractivity contribution in [1.82, 2.24) is 5.32 Å². The Morgan fingerprint density at radius 2 is 2.06 bits per heavy atom. The molecule has 0 aromatic carbocycles. The summed E-state index contributed by atoms with van der Waals surface area (Å²) in [6, 6.07) is 0. The van der Waals surface area contributed by atoms with Crippen molar-refractivity contribution >= 4 is 11.9 Å². The van der Waals surface area contributed by atoms with Gasteiger partial charge in [-0.3, -0.25) is 9.59 Å². The largest absolute Gasteiger partial charge is 0.481 e. The van der Waals surface area contributed by atoms with Gasteiger partial charge in [0.05, 0.1) is 0 Å². The molecule has 0 spiro atoms. The van der Waals surface area contributed by atoms with E-state index in [0.29, 0.717) is 13.0 Å². The van der Waals surface area contributed by atoms with E-state index in [9.17, 15) is 9.59 Å².